The van der Waals surface area contributed by atoms with Gasteiger partial charge in [0.05, 0.1) is 5.97 Å². The average molecular weight is 589 g/mol. The standard InChI is InChI=1S/C22H12F14O3/c23-16(13-4-2-1-3-5-13,39-14-9-6-12(7-10-14)8-11-15(37)38)17(24,25)18(26,27)19(28,29)20(30,31)21(32,33)22(34,35)36/h1-11H,(H,37,38)/p-1. The number of hydrogen-bond acceptors (Lipinski definition) is 3. The predicted molar refractivity (Wildman–Crippen MR) is 101 cm³/mol. The molecule has 0 aliphatic rings. The van der Waals surface area contributed by atoms with E-state index in [9.17, 15) is 67.0 Å². The molecule has 39 heavy (non-hydrogen) atoms. The van der Waals surface area contributed by atoms with Crippen LogP contribution in [-0.2, 0) is 10.6 Å². The van der Waals surface area contributed by atoms with Crippen molar-refractivity contribution in [3.05, 3.63) is 71.8 Å². The molecule has 2 aromatic carbocycles. The number of carboxylic acids is 1. The van der Waals surface area contributed by atoms with Crippen LogP contribution in [0.5, 0.6) is 5.75 Å². The van der Waals surface area contributed by atoms with Crippen LogP contribution < -0.4 is 9.84 Å². The summed E-state index contributed by atoms with van der Waals surface area (Å²) in [6.45, 7) is 0. The van der Waals surface area contributed by atoms with Crippen LogP contribution in [-0.4, -0.2) is 41.8 Å². The fourth-order valence-electron chi connectivity index (χ4n) is 2.90. The third-order valence-electron chi connectivity index (χ3n) is 5.03. The zero-order chi connectivity index (χ0) is 30.3. The molecular weight excluding hydrogens is 578 g/mol. The van der Waals surface area contributed by atoms with E-state index in [-0.39, 0.29) is 17.7 Å². The first kappa shape index (κ1) is 31.7. The number of ether oxygens (including phenoxy) is 1. The van der Waals surface area contributed by atoms with Crippen molar-refractivity contribution in [3.8, 4) is 5.75 Å². The summed E-state index contributed by atoms with van der Waals surface area (Å²) < 4.78 is 197. The Bertz CT molecular complexity index is 1190. The monoisotopic (exact) mass is 589 g/mol. The summed E-state index contributed by atoms with van der Waals surface area (Å²) in [5.41, 5.74) is -1.86. The van der Waals surface area contributed by atoms with Crippen molar-refractivity contribution in [2.24, 2.45) is 0 Å². The minimum Gasteiger partial charge on any atom is -0.545 e. The lowest BCUT2D eigenvalue weighted by atomic mass is 9.87. The molecule has 0 aromatic heterocycles. The van der Waals surface area contributed by atoms with Crippen LogP contribution >= 0.6 is 0 Å². The van der Waals surface area contributed by atoms with E-state index in [0.29, 0.717) is 30.3 Å². The van der Waals surface area contributed by atoms with E-state index in [0.717, 1.165) is 24.3 Å². The lowest BCUT2D eigenvalue weighted by Gasteiger charge is -2.43. The maximum Gasteiger partial charge on any atom is 0.460 e. The first-order valence-corrected chi connectivity index (χ1v) is 9.85. The maximum atomic E-state index is 15.7. The Balaban J connectivity index is 2.70. The van der Waals surface area contributed by atoms with Crippen LogP contribution in [0.25, 0.3) is 6.08 Å². The van der Waals surface area contributed by atoms with Crippen molar-refractivity contribution in [1.82, 2.24) is 0 Å². The number of hydrogen-bond donors (Lipinski definition) is 0. The van der Waals surface area contributed by atoms with Gasteiger partial charge in [0.2, 0.25) is 0 Å². The highest BCUT2D eigenvalue weighted by molar-refractivity contribution is 5.83. The summed E-state index contributed by atoms with van der Waals surface area (Å²) in [5.74, 6) is -48.2. The molecule has 0 bridgehead atoms. The SMILES string of the molecule is O=C([O-])C=Cc1ccc(OC(F)(c2ccccc2)C(F)(F)C(F)(F)C(F)(F)C(F)(F)C(F)(F)C(F)(F)F)cc1. The maximum absolute atomic E-state index is 15.7. The van der Waals surface area contributed by atoms with Gasteiger partial charge in [-0.25, -0.2) is 0 Å². The minimum absolute atomic E-state index is 0.0895. The molecule has 3 nitrogen and oxygen atoms in total. The quantitative estimate of drug-likeness (QED) is 0.239. The Morgan fingerprint density at radius 1 is 0.615 bits per heavy atom. The second kappa shape index (κ2) is 9.89. The van der Waals surface area contributed by atoms with E-state index in [2.05, 4.69) is 4.74 Å². The molecule has 0 amide bonds. The van der Waals surface area contributed by atoms with Gasteiger partial charge in [0.15, 0.2) is 0 Å². The van der Waals surface area contributed by atoms with Crippen molar-refractivity contribution in [3.63, 3.8) is 0 Å². The number of carbonyl (C=O) groups is 1. The zero-order valence-electron chi connectivity index (χ0n) is 18.4. The average Bonchev–Trinajstić information content (AvgIpc) is 2.82. The van der Waals surface area contributed by atoms with Gasteiger partial charge in [-0.3, -0.25) is 0 Å². The lowest BCUT2D eigenvalue weighted by Crippen LogP contribution is -2.73. The number of benzene rings is 2. The van der Waals surface area contributed by atoms with Gasteiger partial charge in [-0.05, 0) is 23.8 Å². The lowest BCUT2D eigenvalue weighted by molar-refractivity contribution is -0.456. The summed E-state index contributed by atoms with van der Waals surface area (Å²) in [6, 6.07) is 5.22. The molecule has 0 N–H and O–H groups in total. The Labute approximate surface area is 208 Å². The molecule has 2 aromatic rings. The second-order valence-corrected chi connectivity index (χ2v) is 7.65. The Morgan fingerprint density at radius 3 is 1.49 bits per heavy atom. The highest BCUT2D eigenvalue weighted by Gasteiger charge is 2.93. The molecule has 0 aliphatic heterocycles. The molecule has 1 atom stereocenters. The summed E-state index contributed by atoms with van der Waals surface area (Å²) >= 11 is 0. The molecule has 0 heterocycles. The highest BCUT2D eigenvalue weighted by Crippen LogP contribution is 2.63. The molecular formula is C22H11F14O3-. The summed E-state index contributed by atoms with van der Waals surface area (Å²) in [4.78, 5) is 10.4. The van der Waals surface area contributed by atoms with Gasteiger partial charge in [0.25, 0.3) is 0 Å². The van der Waals surface area contributed by atoms with Crippen molar-refractivity contribution in [2.75, 3.05) is 0 Å². The molecule has 0 aliphatic carbocycles. The number of aliphatic carboxylic acids is 1. The molecule has 216 valence electrons. The third-order valence-corrected chi connectivity index (χ3v) is 5.03. The highest BCUT2D eigenvalue weighted by atomic mass is 19.4. The number of rotatable bonds is 10. The largest absolute Gasteiger partial charge is 0.545 e. The van der Waals surface area contributed by atoms with Gasteiger partial charge in [-0.1, -0.05) is 48.5 Å². The number of carbonyl (C=O) groups excluding carboxylic acids is 1. The van der Waals surface area contributed by atoms with E-state index in [1.807, 2.05) is 0 Å². The summed E-state index contributed by atoms with van der Waals surface area (Å²) in [7, 11) is 0. The molecule has 0 saturated heterocycles. The topological polar surface area (TPSA) is 49.4 Å². The molecule has 0 radical (unpaired) electrons. The van der Waals surface area contributed by atoms with Crippen LogP contribution in [0, 0.1) is 0 Å². The van der Waals surface area contributed by atoms with E-state index < -0.39 is 58.9 Å². The van der Waals surface area contributed by atoms with E-state index in [1.54, 1.807) is 0 Å². The Kier molecular flexibility index (Phi) is 8.04. The van der Waals surface area contributed by atoms with Gasteiger partial charge < -0.3 is 14.6 Å². The normalized spacial score (nSPS) is 15.7. The fourth-order valence-corrected chi connectivity index (χ4v) is 2.90. The van der Waals surface area contributed by atoms with Gasteiger partial charge >= 0.3 is 41.6 Å². The Hall–Kier alpha value is -3.53. The van der Waals surface area contributed by atoms with Crippen molar-refractivity contribution in [1.29, 1.82) is 0 Å². The summed E-state index contributed by atoms with van der Waals surface area (Å²) in [6.07, 6.45) is -6.35. The zero-order valence-corrected chi connectivity index (χ0v) is 18.4. The van der Waals surface area contributed by atoms with Gasteiger partial charge in [-0.15, -0.1) is 0 Å². The molecule has 2 rings (SSSR count). The van der Waals surface area contributed by atoms with Crippen LogP contribution in [0.2, 0.25) is 0 Å². The van der Waals surface area contributed by atoms with E-state index >= 15 is 4.39 Å². The predicted octanol–water partition coefficient (Wildman–Crippen LogP) is 6.39. The first-order valence-electron chi connectivity index (χ1n) is 9.85. The summed E-state index contributed by atoms with van der Waals surface area (Å²) in [5, 5.41) is 10.4. The second-order valence-electron chi connectivity index (χ2n) is 7.65. The number of carboxylic acid groups (broad SMARTS) is 1. The van der Waals surface area contributed by atoms with Gasteiger partial charge in [-0.2, -0.15) is 61.5 Å². The van der Waals surface area contributed by atoms with E-state index in [4.69, 9.17) is 0 Å². The smallest absolute Gasteiger partial charge is 0.460 e. The van der Waals surface area contributed by atoms with Crippen molar-refractivity contribution >= 4 is 12.0 Å². The van der Waals surface area contributed by atoms with Gasteiger partial charge in [0, 0.05) is 5.56 Å². The van der Waals surface area contributed by atoms with Crippen LogP contribution in [0.4, 0.5) is 61.5 Å². The van der Waals surface area contributed by atoms with Crippen LogP contribution in [0.15, 0.2) is 60.7 Å². The number of halogens is 14. The van der Waals surface area contributed by atoms with Gasteiger partial charge in [0.1, 0.15) is 5.75 Å². The molecule has 1 unspecified atom stereocenters. The van der Waals surface area contributed by atoms with Crippen LogP contribution in [0.3, 0.4) is 0 Å². The molecule has 17 heteroatoms. The van der Waals surface area contributed by atoms with Crippen molar-refractivity contribution < 1.29 is 76.1 Å². The van der Waals surface area contributed by atoms with Crippen molar-refractivity contribution in [2.45, 2.75) is 41.6 Å². The molecule has 0 saturated carbocycles. The minimum atomic E-state index is -8.24. The molecule has 0 fully saturated rings. The van der Waals surface area contributed by atoms with Crippen LogP contribution in [0.1, 0.15) is 11.1 Å². The first-order chi connectivity index (χ1) is 17.5. The number of alkyl halides is 14. The Morgan fingerprint density at radius 2 is 1.05 bits per heavy atom. The van der Waals surface area contributed by atoms with E-state index in [1.165, 1.54) is 0 Å². The fraction of sp³-hybridized carbons (Fsp3) is 0.318. The molecule has 0 spiro atoms. The third kappa shape index (κ3) is 5.09.